The first kappa shape index (κ1) is 11.1. The zero-order valence-electron chi connectivity index (χ0n) is 7.95. The second-order valence-corrected chi connectivity index (χ2v) is 3.82. The van der Waals surface area contributed by atoms with Gasteiger partial charge in [0.1, 0.15) is 5.75 Å². The molecule has 1 aromatic heterocycles. The Kier molecular flexibility index (Phi) is 3.19. The van der Waals surface area contributed by atoms with Crippen LogP contribution in [0.5, 0.6) is 5.75 Å². The summed E-state index contributed by atoms with van der Waals surface area (Å²) < 4.78 is 29.5. The molecule has 16 heavy (non-hydrogen) atoms. The van der Waals surface area contributed by atoms with Gasteiger partial charge < -0.3 is 4.74 Å². The van der Waals surface area contributed by atoms with E-state index in [1.807, 2.05) is 0 Å². The summed E-state index contributed by atoms with van der Waals surface area (Å²) >= 11 is 3.27. The van der Waals surface area contributed by atoms with E-state index in [9.17, 15) is 8.78 Å². The maximum atomic E-state index is 12.2. The molecule has 0 spiro atoms. The van der Waals surface area contributed by atoms with Gasteiger partial charge in [-0.3, -0.25) is 5.10 Å². The monoisotopic (exact) mass is 288 g/mol. The zero-order valence-corrected chi connectivity index (χ0v) is 9.54. The molecule has 0 radical (unpaired) electrons. The summed E-state index contributed by atoms with van der Waals surface area (Å²) in [6.45, 7) is -2.84. The molecule has 6 heteroatoms. The SMILES string of the molecule is FC(F)Oc1ccccc1-c1[nH]ncc1Br. The number of ether oxygens (including phenoxy) is 1. The molecule has 3 nitrogen and oxygen atoms in total. The van der Waals surface area contributed by atoms with Gasteiger partial charge in [0.05, 0.1) is 16.4 Å². The number of H-pyrrole nitrogens is 1. The Balaban J connectivity index is 2.44. The normalized spacial score (nSPS) is 10.8. The van der Waals surface area contributed by atoms with E-state index in [4.69, 9.17) is 0 Å². The lowest BCUT2D eigenvalue weighted by Crippen LogP contribution is -2.03. The van der Waals surface area contributed by atoms with E-state index >= 15 is 0 Å². The molecule has 0 aliphatic heterocycles. The summed E-state index contributed by atoms with van der Waals surface area (Å²) in [4.78, 5) is 0. The first-order chi connectivity index (χ1) is 7.68. The van der Waals surface area contributed by atoms with Crippen molar-refractivity contribution in [1.82, 2.24) is 10.2 Å². The Labute approximate surface area is 98.6 Å². The largest absolute Gasteiger partial charge is 0.434 e. The lowest BCUT2D eigenvalue weighted by molar-refractivity contribution is -0.0494. The average molecular weight is 289 g/mol. The Morgan fingerprint density at radius 1 is 1.31 bits per heavy atom. The highest BCUT2D eigenvalue weighted by Crippen LogP contribution is 2.33. The minimum Gasteiger partial charge on any atom is -0.434 e. The van der Waals surface area contributed by atoms with Gasteiger partial charge in [-0.1, -0.05) is 12.1 Å². The lowest BCUT2D eigenvalue weighted by Gasteiger charge is -2.09. The molecule has 0 aliphatic rings. The van der Waals surface area contributed by atoms with Crippen molar-refractivity contribution in [2.24, 2.45) is 0 Å². The van der Waals surface area contributed by atoms with Crippen LogP contribution >= 0.6 is 15.9 Å². The molecule has 1 N–H and O–H groups in total. The highest BCUT2D eigenvalue weighted by Gasteiger charge is 2.13. The second-order valence-electron chi connectivity index (χ2n) is 2.97. The predicted molar refractivity (Wildman–Crippen MR) is 58.4 cm³/mol. The molecule has 0 aliphatic carbocycles. The third-order valence-electron chi connectivity index (χ3n) is 1.97. The summed E-state index contributed by atoms with van der Waals surface area (Å²) in [6, 6.07) is 6.52. The van der Waals surface area contributed by atoms with Crippen molar-refractivity contribution in [2.45, 2.75) is 6.61 Å². The van der Waals surface area contributed by atoms with Crippen LogP contribution in [0, 0.1) is 0 Å². The number of alkyl halides is 2. The van der Waals surface area contributed by atoms with Crippen LogP contribution in [0.25, 0.3) is 11.3 Å². The fraction of sp³-hybridized carbons (Fsp3) is 0.100. The molecule has 0 bridgehead atoms. The van der Waals surface area contributed by atoms with Crippen LogP contribution in [0.15, 0.2) is 34.9 Å². The van der Waals surface area contributed by atoms with Crippen LogP contribution < -0.4 is 4.74 Å². The Morgan fingerprint density at radius 2 is 2.06 bits per heavy atom. The summed E-state index contributed by atoms with van der Waals surface area (Å²) in [7, 11) is 0. The zero-order chi connectivity index (χ0) is 11.5. The van der Waals surface area contributed by atoms with Gasteiger partial charge in [-0.05, 0) is 28.1 Å². The molecule has 0 amide bonds. The second kappa shape index (κ2) is 4.61. The van der Waals surface area contributed by atoms with Crippen LogP contribution in [-0.2, 0) is 0 Å². The maximum Gasteiger partial charge on any atom is 0.387 e. The first-order valence-electron chi connectivity index (χ1n) is 4.41. The number of nitrogens with zero attached hydrogens (tertiary/aromatic N) is 1. The topological polar surface area (TPSA) is 37.9 Å². The molecule has 0 fully saturated rings. The van der Waals surface area contributed by atoms with E-state index in [0.29, 0.717) is 15.7 Å². The van der Waals surface area contributed by atoms with Gasteiger partial charge in [-0.25, -0.2) is 0 Å². The van der Waals surface area contributed by atoms with Gasteiger partial charge >= 0.3 is 6.61 Å². The van der Waals surface area contributed by atoms with E-state index in [1.165, 1.54) is 6.07 Å². The number of rotatable bonds is 3. The summed E-state index contributed by atoms with van der Waals surface area (Å²) in [6.07, 6.45) is 1.55. The fourth-order valence-electron chi connectivity index (χ4n) is 1.33. The Morgan fingerprint density at radius 3 is 2.69 bits per heavy atom. The summed E-state index contributed by atoms with van der Waals surface area (Å²) in [5.41, 5.74) is 1.14. The molecule has 2 rings (SSSR count). The van der Waals surface area contributed by atoms with Gasteiger partial charge in [0.15, 0.2) is 0 Å². The van der Waals surface area contributed by atoms with Gasteiger partial charge in [-0.2, -0.15) is 13.9 Å². The van der Waals surface area contributed by atoms with Crippen molar-refractivity contribution in [3.05, 3.63) is 34.9 Å². The minimum absolute atomic E-state index is 0.113. The average Bonchev–Trinajstić information content (AvgIpc) is 2.64. The van der Waals surface area contributed by atoms with Crippen LogP contribution in [0.2, 0.25) is 0 Å². The number of halogens is 3. The highest BCUT2D eigenvalue weighted by atomic mass is 79.9. The van der Waals surface area contributed by atoms with Crippen LogP contribution in [-0.4, -0.2) is 16.8 Å². The van der Waals surface area contributed by atoms with Crippen molar-refractivity contribution < 1.29 is 13.5 Å². The van der Waals surface area contributed by atoms with Crippen molar-refractivity contribution in [2.75, 3.05) is 0 Å². The predicted octanol–water partition coefficient (Wildman–Crippen LogP) is 3.44. The molecular weight excluding hydrogens is 282 g/mol. The van der Waals surface area contributed by atoms with Crippen molar-refractivity contribution in [3.63, 3.8) is 0 Å². The Bertz CT molecular complexity index is 487. The molecule has 0 saturated heterocycles. The maximum absolute atomic E-state index is 12.2. The number of aromatic nitrogens is 2. The standard InChI is InChI=1S/C10H7BrF2N2O/c11-7-5-14-15-9(7)6-3-1-2-4-8(6)16-10(12)13/h1-5,10H,(H,14,15). The molecule has 1 heterocycles. The number of nitrogens with one attached hydrogen (secondary N) is 1. The molecule has 1 aromatic carbocycles. The van der Waals surface area contributed by atoms with Crippen molar-refractivity contribution in [3.8, 4) is 17.0 Å². The molecular formula is C10H7BrF2N2O. The number of aromatic amines is 1. The molecule has 0 saturated carbocycles. The van der Waals surface area contributed by atoms with Crippen LogP contribution in [0.3, 0.4) is 0 Å². The lowest BCUT2D eigenvalue weighted by atomic mass is 10.1. The van der Waals surface area contributed by atoms with E-state index in [0.717, 1.165) is 0 Å². The highest BCUT2D eigenvalue weighted by molar-refractivity contribution is 9.10. The van der Waals surface area contributed by atoms with Crippen molar-refractivity contribution >= 4 is 15.9 Å². The third-order valence-corrected chi connectivity index (χ3v) is 2.57. The first-order valence-corrected chi connectivity index (χ1v) is 5.21. The number of hydrogen-bond acceptors (Lipinski definition) is 2. The summed E-state index contributed by atoms with van der Waals surface area (Å²) in [5, 5.41) is 6.52. The van der Waals surface area contributed by atoms with Gasteiger partial charge in [0, 0.05) is 5.56 Å². The van der Waals surface area contributed by atoms with Gasteiger partial charge in [-0.15, -0.1) is 0 Å². The quantitative estimate of drug-likeness (QED) is 0.939. The number of para-hydroxylation sites is 1. The van der Waals surface area contributed by atoms with E-state index in [-0.39, 0.29) is 5.75 Å². The van der Waals surface area contributed by atoms with Gasteiger partial charge in [0.2, 0.25) is 0 Å². The van der Waals surface area contributed by atoms with Crippen molar-refractivity contribution in [1.29, 1.82) is 0 Å². The number of benzene rings is 1. The minimum atomic E-state index is -2.84. The van der Waals surface area contributed by atoms with E-state index in [1.54, 1.807) is 24.4 Å². The van der Waals surface area contributed by atoms with Gasteiger partial charge in [0.25, 0.3) is 0 Å². The fourth-order valence-corrected chi connectivity index (χ4v) is 1.74. The molecule has 0 atom stereocenters. The Hall–Kier alpha value is -1.43. The molecule has 84 valence electrons. The molecule has 2 aromatic rings. The smallest absolute Gasteiger partial charge is 0.387 e. The number of hydrogen-bond donors (Lipinski definition) is 1. The summed E-state index contributed by atoms with van der Waals surface area (Å²) in [5.74, 6) is 0.113. The third kappa shape index (κ3) is 2.21. The molecule has 0 unspecified atom stereocenters. The van der Waals surface area contributed by atoms with E-state index in [2.05, 4.69) is 30.9 Å². The van der Waals surface area contributed by atoms with Crippen LogP contribution in [0.4, 0.5) is 8.78 Å². The van der Waals surface area contributed by atoms with E-state index < -0.39 is 6.61 Å². The van der Waals surface area contributed by atoms with Crippen LogP contribution in [0.1, 0.15) is 0 Å².